The summed E-state index contributed by atoms with van der Waals surface area (Å²) >= 11 is 0. The Balaban J connectivity index is 1.23. The van der Waals surface area contributed by atoms with Crippen LogP contribution in [-0.4, -0.2) is 9.55 Å². The van der Waals surface area contributed by atoms with Gasteiger partial charge in [0.15, 0.2) is 0 Å². The van der Waals surface area contributed by atoms with Gasteiger partial charge < -0.3 is 4.90 Å². The van der Waals surface area contributed by atoms with Crippen LogP contribution in [0.1, 0.15) is 37.5 Å². The molecule has 8 rings (SSSR count). The largest absolute Gasteiger partial charge is 0.310 e. The molecule has 0 saturated heterocycles. The van der Waals surface area contributed by atoms with Gasteiger partial charge in [0.2, 0.25) is 0 Å². The van der Waals surface area contributed by atoms with Gasteiger partial charge in [0.05, 0.1) is 11.0 Å². The second-order valence-electron chi connectivity index (χ2n) is 14.7. The van der Waals surface area contributed by atoms with E-state index in [9.17, 15) is 0 Å². The number of nitrogens with zero attached hydrogens (tertiary/aromatic N) is 3. The molecule has 8 aromatic rings. The van der Waals surface area contributed by atoms with Crippen LogP contribution in [0.5, 0.6) is 0 Å². The first-order chi connectivity index (χ1) is 25.2. The molecule has 3 heteroatoms. The zero-order valence-corrected chi connectivity index (χ0v) is 30.5. The van der Waals surface area contributed by atoms with Crippen LogP contribution in [0.4, 0.5) is 17.1 Å². The highest BCUT2D eigenvalue weighted by Gasteiger charge is 2.21. The summed E-state index contributed by atoms with van der Waals surface area (Å²) in [6.45, 7) is 11.2. The number of anilines is 3. The summed E-state index contributed by atoms with van der Waals surface area (Å²) in [6, 6.07) is 61.0. The second kappa shape index (κ2) is 13.5. The van der Waals surface area contributed by atoms with E-state index in [4.69, 9.17) is 4.98 Å². The average Bonchev–Trinajstić information content (AvgIpc) is 3.56. The fourth-order valence-corrected chi connectivity index (χ4v) is 7.28. The Hall–Kier alpha value is -6.19. The van der Waals surface area contributed by atoms with Crippen LogP contribution in [0.3, 0.4) is 0 Å². The first-order valence-corrected chi connectivity index (χ1v) is 18.1. The smallest absolute Gasteiger partial charge is 0.145 e. The van der Waals surface area contributed by atoms with Gasteiger partial charge in [0, 0.05) is 28.3 Å². The molecule has 254 valence electrons. The lowest BCUT2D eigenvalue weighted by Crippen LogP contribution is -2.13. The van der Waals surface area contributed by atoms with Crippen molar-refractivity contribution in [3.63, 3.8) is 0 Å². The van der Waals surface area contributed by atoms with Crippen molar-refractivity contribution < 1.29 is 0 Å². The number of aryl methyl sites for hydroxylation is 2. The molecule has 0 unspecified atom stereocenters. The quantitative estimate of drug-likeness (QED) is 0.168. The van der Waals surface area contributed by atoms with Gasteiger partial charge in [-0.15, -0.1) is 0 Å². The van der Waals surface area contributed by atoms with E-state index in [1.807, 2.05) is 0 Å². The highest BCUT2D eigenvalue weighted by atomic mass is 15.1. The normalized spacial score (nSPS) is 11.6. The van der Waals surface area contributed by atoms with Crippen LogP contribution in [0.2, 0.25) is 0 Å². The van der Waals surface area contributed by atoms with E-state index in [2.05, 4.69) is 214 Å². The predicted octanol–water partition coefficient (Wildman–Crippen LogP) is 13.4. The number of rotatable bonds is 7. The van der Waals surface area contributed by atoms with E-state index in [0.717, 1.165) is 45.2 Å². The van der Waals surface area contributed by atoms with Crippen LogP contribution >= 0.6 is 0 Å². The van der Waals surface area contributed by atoms with Crippen LogP contribution in [0, 0.1) is 13.8 Å². The fraction of sp³-hybridized carbons (Fsp3) is 0.122. The van der Waals surface area contributed by atoms with Crippen molar-refractivity contribution in [1.82, 2.24) is 9.55 Å². The lowest BCUT2D eigenvalue weighted by molar-refractivity contribution is 0.592. The van der Waals surface area contributed by atoms with Crippen molar-refractivity contribution in [1.29, 1.82) is 0 Å². The number of aromatic nitrogens is 2. The monoisotopic (exact) mass is 673 g/mol. The molecule has 3 nitrogen and oxygen atoms in total. The number of imidazole rings is 1. The van der Waals surface area contributed by atoms with Crippen LogP contribution in [0.25, 0.3) is 50.4 Å². The third kappa shape index (κ3) is 6.31. The van der Waals surface area contributed by atoms with Gasteiger partial charge in [-0.1, -0.05) is 123 Å². The van der Waals surface area contributed by atoms with Crippen LogP contribution < -0.4 is 4.90 Å². The first-order valence-electron chi connectivity index (χ1n) is 18.1. The number of benzene rings is 7. The number of para-hydroxylation sites is 2. The van der Waals surface area contributed by atoms with Gasteiger partial charge in [0.1, 0.15) is 5.82 Å². The average molecular weight is 674 g/mol. The summed E-state index contributed by atoms with van der Waals surface area (Å²) in [5.41, 5.74) is 16.3. The third-order valence-corrected chi connectivity index (χ3v) is 9.96. The molecule has 0 aliphatic rings. The lowest BCUT2D eigenvalue weighted by atomic mass is 9.81. The van der Waals surface area contributed by atoms with Crippen LogP contribution in [-0.2, 0) is 5.41 Å². The molecule has 0 spiro atoms. The van der Waals surface area contributed by atoms with Gasteiger partial charge in [-0.05, 0) is 125 Å². The van der Waals surface area contributed by atoms with E-state index >= 15 is 0 Å². The maximum Gasteiger partial charge on any atom is 0.145 e. The van der Waals surface area contributed by atoms with E-state index in [-0.39, 0.29) is 5.41 Å². The Morgan fingerprint density at radius 1 is 0.500 bits per heavy atom. The Bertz CT molecular complexity index is 2480. The summed E-state index contributed by atoms with van der Waals surface area (Å²) in [5, 5.41) is 0. The van der Waals surface area contributed by atoms with Gasteiger partial charge >= 0.3 is 0 Å². The molecular weight excluding hydrogens is 631 g/mol. The Kier molecular flexibility index (Phi) is 8.56. The standard InChI is InChI=1S/C49H43N3/c1-34-19-25-41(26-20-34)52-47-18-12-11-17-46(47)50-48(52)38-23-29-40(30-24-38)51(39-27-21-37(22-28-39)36-13-7-6-8-14-36)42-31-32-43(35(2)33-42)44-15-9-10-16-45(44)49(3,4)5/h6-33H,1-5H3. The zero-order valence-electron chi connectivity index (χ0n) is 30.5. The minimum Gasteiger partial charge on any atom is -0.310 e. The topological polar surface area (TPSA) is 21.1 Å². The number of hydrogen-bond donors (Lipinski definition) is 0. The Morgan fingerprint density at radius 3 is 1.75 bits per heavy atom. The van der Waals surface area contributed by atoms with Crippen molar-refractivity contribution in [3.8, 4) is 39.3 Å². The summed E-state index contributed by atoms with van der Waals surface area (Å²) in [7, 11) is 0. The van der Waals surface area contributed by atoms with Gasteiger partial charge in [0.25, 0.3) is 0 Å². The van der Waals surface area contributed by atoms with E-state index in [1.165, 1.54) is 38.9 Å². The molecule has 0 radical (unpaired) electrons. The maximum absolute atomic E-state index is 5.13. The molecule has 0 atom stereocenters. The maximum atomic E-state index is 5.13. The molecule has 1 heterocycles. The third-order valence-electron chi connectivity index (χ3n) is 9.96. The minimum absolute atomic E-state index is 0.0377. The van der Waals surface area contributed by atoms with Crippen molar-refractivity contribution >= 4 is 28.1 Å². The Morgan fingerprint density at radius 2 is 1.08 bits per heavy atom. The molecule has 0 amide bonds. The number of fused-ring (bicyclic) bond motifs is 1. The Labute approximate surface area is 307 Å². The summed E-state index contributed by atoms with van der Waals surface area (Å²) in [5.74, 6) is 0.924. The summed E-state index contributed by atoms with van der Waals surface area (Å²) < 4.78 is 2.27. The van der Waals surface area contributed by atoms with E-state index in [1.54, 1.807) is 0 Å². The second-order valence-corrected chi connectivity index (χ2v) is 14.7. The molecule has 0 bridgehead atoms. The van der Waals surface area contributed by atoms with Gasteiger partial charge in [-0.25, -0.2) is 4.98 Å². The van der Waals surface area contributed by atoms with E-state index < -0.39 is 0 Å². The molecule has 0 saturated carbocycles. The lowest BCUT2D eigenvalue weighted by Gasteiger charge is -2.28. The van der Waals surface area contributed by atoms with E-state index in [0.29, 0.717) is 0 Å². The molecule has 7 aromatic carbocycles. The van der Waals surface area contributed by atoms with Crippen LogP contribution in [0.15, 0.2) is 170 Å². The highest BCUT2D eigenvalue weighted by molar-refractivity contribution is 5.85. The minimum atomic E-state index is 0.0377. The van der Waals surface area contributed by atoms with Crippen molar-refractivity contribution in [2.24, 2.45) is 0 Å². The van der Waals surface area contributed by atoms with Crippen molar-refractivity contribution in [2.45, 2.75) is 40.0 Å². The molecule has 52 heavy (non-hydrogen) atoms. The summed E-state index contributed by atoms with van der Waals surface area (Å²) in [6.07, 6.45) is 0. The predicted molar refractivity (Wildman–Crippen MR) is 220 cm³/mol. The molecule has 0 aliphatic carbocycles. The van der Waals surface area contributed by atoms with Gasteiger partial charge in [-0.3, -0.25) is 4.57 Å². The zero-order chi connectivity index (χ0) is 35.8. The molecule has 0 fully saturated rings. The summed E-state index contributed by atoms with van der Waals surface area (Å²) in [4.78, 5) is 7.49. The SMILES string of the molecule is Cc1ccc(-n2c(-c3ccc(N(c4ccc(-c5ccccc5)cc4)c4ccc(-c5ccccc5C(C)(C)C)c(C)c4)cc3)nc3ccccc32)cc1. The highest BCUT2D eigenvalue weighted by Crippen LogP contribution is 2.41. The number of hydrogen-bond acceptors (Lipinski definition) is 2. The van der Waals surface area contributed by atoms with Crippen molar-refractivity contribution in [2.75, 3.05) is 4.90 Å². The first kappa shape index (κ1) is 33.0. The fourth-order valence-electron chi connectivity index (χ4n) is 7.28. The van der Waals surface area contributed by atoms with Crippen molar-refractivity contribution in [3.05, 3.63) is 187 Å². The molecular formula is C49H43N3. The molecule has 0 aliphatic heterocycles. The molecule has 1 aromatic heterocycles. The molecule has 0 N–H and O–H groups in total. The van der Waals surface area contributed by atoms with Gasteiger partial charge in [-0.2, -0.15) is 0 Å².